The van der Waals surface area contributed by atoms with Crippen LogP contribution >= 0.6 is 0 Å². The number of aromatic nitrogens is 2. The molecule has 0 amide bonds. The van der Waals surface area contributed by atoms with E-state index in [4.69, 9.17) is 19.3 Å². The van der Waals surface area contributed by atoms with Crippen LogP contribution < -0.4 is 14.8 Å². The van der Waals surface area contributed by atoms with E-state index in [1.807, 2.05) is 26.0 Å². The molecule has 1 aliphatic heterocycles. The molecule has 0 fully saturated rings. The van der Waals surface area contributed by atoms with E-state index in [1.54, 1.807) is 19.1 Å². The number of nitrogens with zero attached hydrogens (tertiary/aromatic N) is 2. The van der Waals surface area contributed by atoms with Crippen LogP contribution in [0.5, 0.6) is 11.5 Å². The minimum Gasteiger partial charge on any atom is -0.487 e. The molecular weight excluding hydrogens is 432 g/mol. The zero-order valence-corrected chi connectivity index (χ0v) is 18.8. The van der Waals surface area contributed by atoms with Crippen molar-refractivity contribution in [3.05, 3.63) is 53.3 Å². The molecule has 9 heteroatoms. The predicted molar refractivity (Wildman–Crippen MR) is 120 cm³/mol. The molecule has 2 N–H and O–H groups in total. The Morgan fingerprint density at radius 2 is 2.00 bits per heavy atom. The lowest BCUT2D eigenvalue weighted by atomic mass is 10.0. The molecule has 2 aromatic carbocycles. The summed E-state index contributed by atoms with van der Waals surface area (Å²) in [6, 6.07) is 9.30. The second-order valence-electron chi connectivity index (χ2n) is 8.14. The van der Waals surface area contributed by atoms with Crippen molar-refractivity contribution >= 4 is 16.7 Å². The molecule has 176 valence electrons. The van der Waals surface area contributed by atoms with Gasteiger partial charge in [0.25, 0.3) is 5.92 Å². The third-order valence-electron chi connectivity index (χ3n) is 5.40. The molecule has 0 saturated carbocycles. The summed E-state index contributed by atoms with van der Waals surface area (Å²) < 4.78 is 45.3. The number of hydrogen-bond acceptors (Lipinski definition) is 7. The second-order valence-corrected chi connectivity index (χ2v) is 8.14. The molecule has 0 bridgehead atoms. The highest BCUT2D eigenvalue weighted by Crippen LogP contribution is 2.37. The fourth-order valence-corrected chi connectivity index (χ4v) is 3.69. The molecule has 0 saturated heterocycles. The number of nitrogens with one attached hydrogen (secondary N) is 1. The number of rotatable bonds is 5. The lowest BCUT2D eigenvalue weighted by Crippen LogP contribution is -2.19. The van der Waals surface area contributed by atoms with Gasteiger partial charge in [-0.15, -0.1) is 0 Å². The molecule has 0 radical (unpaired) electrons. The maximum absolute atomic E-state index is 14.0. The predicted octanol–water partition coefficient (Wildman–Crippen LogP) is 4.37. The standard InChI is InChI=1S/C24H27F2N3O4/c1-14-12-31-7-8-32-21-11-20-19(10-22(21)33-14)23(29-16(3)28-20)27-15(2)17-5-4-6-18(9-17)24(25,26)13-30/h4-6,9-11,14-15,30H,7-8,12-13H2,1-3H3,(H,27,28,29)/t14-,15+/m0/s1. The van der Waals surface area contributed by atoms with Gasteiger partial charge >= 0.3 is 0 Å². The zero-order chi connectivity index (χ0) is 23.6. The molecule has 4 rings (SSSR count). The minimum atomic E-state index is -3.30. The summed E-state index contributed by atoms with van der Waals surface area (Å²) in [6.07, 6.45) is -0.166. The van der Waals surface area contributed by atoms with Crippen LogP contribution in [0.2, 0.25) is 0 Å². The number of ether oxygens (including phenoxy) is 3. The number of aliphatic hydroxyl groups excluding tert-OH is 1. The Kier molecular flexibility index (Phi) is 6.62. The number of benzene rings is 2. The Labute approximate surface area is 190 Å². The van der Waals surface area contributed by atoms with Crippen molar-refractivity contribution in [1.29, 1.82) is 0 Å². The highest BCUT2D eigenvalue weighted by Gasteiger charge is 2.30. The number of aryl methyl sites for hydroxylation is 1. The number of hydrogen-bond donors (Lipinski definition) is 2. The Hall–Kier alpha value is -3.04. The van der Waals surface area contributed by atoms with E-state index < -0.39 is 12.5 Å². The van der Waals surface area contributed by atoms with E-state index in [9.17, 15) is 8.78 Å². The topological polar surface area (TPSA) is 85.7 Å². The van der Waals surface area contributed by atoms with Crippen LogP contribution in [0.1, 0.15) is 36.8 Å². The Morgan fingerprint density at radius 1 is 1.18 bits per heavy atom. The summed E-state index contributed by atoms with van der Waals surface area (Å²) in [7, 11) is 0. The van der Waals surface area contributed by atoms with Gasteiger partial charge in [0, 0.05) is 23.1 Å². The fourth-order valence-electron chi connectivity index (χ4n) is 3.69. The van der Waals surface area contributed by atoms with Gasteiger partial charge in [0.2, 0.25) is 0 Å². The van der Waals surface area contributed by atoms with Crippen molar-refractivity contribution in [2.45, 2.75) is 38.8 Å². The number of anilines is 1. The third kappa shape index (κ3) is 5.15. The number of alkyl halides is 2. The highest BCUT2D eigenvalue weighted by molar-refractivity contribution is 5.92. The van der Waals surface area contributed by atoms with E-state index in [2.05, 4.69) is 15.3 Å². The molecule has 0 aliphatic carbocycles. The van der Waals surface area contributed by atoms with E-state index in [-0.39, 0.29) is 17.7 Å². The van der Waals surface area contributed by atoms with Crippen LogP contribution in [0.4, 0.5) is 14.6 Å². The van der Waals surface area contributed by atoms with Gasteiger partial charge in [-0.1, -0.05) is 18.2 Å². The summed E-state index contributed by atoms with van der Waals surface area (Å²) in [4.78, 5) is 9.08. The van der Waals surface area contributed by atoms with Gasteiger partial charge in [-0.05, 0) is 38.5 Å². The molecule has 1 aliphatic rings. The van der Waals surface area contributed by atoms with Crippen molar-refractivity contribution < 1.29 is 28.1 Å². The van der Waals surface area contributed by atoms with E-state index in [1.165, 1.54) is 12.1 Å². The van der Waals surface area contributed by atoms with Gasteiger partial charge in [-0.2, -0.15) is 8.78 Å². The lowest BCUT2D eigenvalue weighted by Gasteiger charge is -2.20. The monoisotopic (exact) mass is 459 g/mol. The summed E-state index contributed by atoms with van der Waals surface area (Å²) in [5.74, 6) is -1.05. The number of aliphatic hydroxyl groups is 1. The molecule has 0 unspecified atom stereocenters. The molecule has 3 aromatic rings. The van der Waals surface area contributed by atoms with Gasteiger partial charge in [0.1, 0.15) is 31.0 Å². The van der Waals surface area contributed by atoms with Crippen LogP contribution in [-0.2, 0) is 10.7 Å². The van der Waals surface area contributed by atoms with Gasteiger partial charge in [0.05, 0.1) is 18.7 Å². The first-order valence-electron chi connectivity index (χ1n) is 10.8. The van der Waals surface area contributed by atoms with Crippen LogP contribution in [0.25, 0.3) is 10.9 Å². The Bertz CT molecular complexity index is 1140. The van der Waals surface area contributed by atoms with Crippen LogP contribution in [0.3, 0.4) is 0 Å². The first-order valence-corrected chi connectivity index (χ1v) is 10.8. The zero-order valence-electron chi connectivity index (χ0n) is 18.8. The summed E-state index contributed by atoms with van der Waals surface area (Å²) >= 11 is 0. The van der Waals surface area contributed by atoms with Gasteiger partial charge < -0.3 is 24.6 Å². The Balaban J connectivity index is 1.70. The fraction of sp³-hybridized carbons (Fsp3) is 0.417. The highest BCUT2D eigenvalue weighted by atomic mass is 19.3. The summed E-state index contributed by atoms with van der Waals surface area (Å²) in [5.41, 5.74) is 1.07. The van der Waals surface area contributed by atoms with Crippen LogP contribution in [0.15, 0.2) is 36.4 Å². The summed E-state index contributed by atoms with van der Waals surface area (Å²) in [6.45, 7) is 5.62. The first-order chi connectivity index (χ1) is 15.8. The van der Waals surface area contributed by atoms with Crippen molar-refractivity contribution in [2.75, 3.05) is 31.7 Å². The van der Waals surface area contributed by atoms with Gasteiger partial charge in [0.15, 0.2) is 11.5 Å². The van der Waals surface area contributed by atoms with Gasteiger partial charge in [-0.3, -0.25) is 0 Å². The SMILES string of the molecule is Cc1nc(N[C@H](C)c2cccc(C(F)(F)CO)c2)c2cc3c(cc2n1)OCCOC[C@H](C)O3. The van der Waals surface area contributed by atoms with E-state index in [0.717, 1.165) is 5.39 Å². The van der Waals surface area contributed by atoms with Gasteiger partial charge in [-0.25, -0.2) is 9.97 Å². The van der Waals surface area contributed by atoms with Crippen molar-refractivity contribution in [3.8, 4) is 11.5 Å². The molecule has 0 spiro atoms. The largest absolute Gasteiger partial charge is 0.487 e. The maximum Gasteiger partial charge on any atom is 0.295 e. The van der Waals surface area contributed by atoms with E-state index >= 15 is 0 Å². The average molecular weight is 459 g/mol. The molecule has 2 atom stereocenters. The third-order valence-corrected chi connectivity index (χ3v) is 5.40. The van der Waals surface area contributed by atoms with Crippen LogP contribution in [-0.4, -0.2) is 47.6 Å². The number of fused-ring (bicyclic) bond motifs is 2. The molecule has 33 heavy (non-hydrogen) atoms. The second kappa shape index (κ2) is 9.44. The van der Waals surface area contributed by atoms with E-state index in [0.29, 0.717) is 54.0 Å². The van der Waals surface area contributed by atoms with Crippen molar-refractivity contribution in [1.82, 2.24) is 9.97 Å². The molecule has 7 nitrogen and oxygen atoms in total. The van der Waals surface area contributed by atoms with Crippen molar-refractivity contribution in [2.24, 2.45) is 0 Å². The summed E-state index contributed by atoms with van der Waals surface area (Å²) in [5, 5.41) is 13.1. The average Bonchev–Trinajstić information content (AvgIpc) is 2.87. The molecule has 2 heterocycles. The normalized spacial score (nSPS) is 17.7. The number of halogens is 2. The lowest BCUT2D eigenvalue weighted by molar-refractivity contribution is -0.0556. The maximum atomic E-state index is 14.0. The quantitative estimate of drug-likeness (QED) is 0.586. The van der Waals surface area contributed by atoms with Crippen LogP contribution in [0, 0.1) is 6.92 Å². The Morgan fingerprint density at radius 3 is 2.79 bits per heavy atom. The smallest absolute Gasteiger partial charge is 0.295 e. The minimum absolute atomic E-state index is 0.166. The molecule has 1 aromatic heterocycles. The van der Waals surface area contributed by atoms with Crippen molar-refractivity contribution in [3.63, 3.8) is 0 Å². The first kappa shape index (κ1) is 23.1. The molecular formula is C24H27F2N3O4.